The minimum absolute atomic E-state index is 0.111. The van der Waals surface area contributed by atoms with E-state index in [0.29, 0.717) is 6.42 Å². The van der Waals surface area contributed by atoms with Gasteiger partial charge in [-0.1, -0.05) is 31.0 Å². The number of hydrogen-bond acceptors (Lipinski definition) is 1. The molecule has 0 bridgehead atoms. The maximum atomic E-state index is 12.9. The Morgan fingerprint density at radius 1 is 1.47 bits per heavy atom. The molecule has 0 aromatic heterocycles. The van der Waals surface area contributed by atoms with Gasteiger partial charge in [-0.15, -0.1) is 0 Å². The third kappa shape index (κ3) is 3.80. The minimum atomic E-state index is -0.740. The zero-order valence-electron chi connectivity index (χ0n) is 9.06. The molecule has 1 unspecified atom stereocenters. The highest BCUT2D eigenvalue weighted by atomic mass is 35.5. The average Bonchev–Trinajstić information content (AvgIpc) is 2.10. The van der Waals surface area contributed by atoms with Crippen LogP contribution < -0.4 is 0 Å². The molecule has 0 fully saturated rings. The molecule has 0 aliphatic carbocycles. The predicted molar refractivity (Wildman–Crippen MR) is 60.6 cm³/mol. The van der Waals surface area contributed by atoms with Gasteiger partial charge in [0.1, 0.15) is 5.82 Å². The SMILES string of the molecule is CCCC(C)(O)Cc1ccc(F)c(Cl)c1. The molecule has 0 radical (unpaired) electrons. The van der Waals surface area contributed by atoms with E-state index < -0.39 is 11.4 Å². The second-order valence-corrected chi connectivity index (χ2v) is 4.58. The molecule has 0 saturated heterocycles. The van der Waals surface area contributed by atoms with E-state index in [9.17, 15) is 9.50 Å². The minimum Gasteiger partial charge on any atom is -0.390 e. The van der Waals surface area contributed by atoms with Crippen LogP contribution in [0.2, 0.25) is 5.02 Å². The van der Waals surface area contributed by atoms with Crippen LogP contribution >= 0.6 is 11.6 Å². The number of rotatable bonds is 4. The molecule has 3 heteroatoms. The Labute approximate surface area is 94.9 Å². The maximum Gasteiger partial charge on any atom is 0.141 e. The van der Waals surface area contributed by atoms with Gasteiger partial charge in [-0.05, 0) is 31.0 Å². The van der Waals surface area contributed by atoms with E-state index in [4.69, 9.17) is 11.6 Å². The van der Waals surface area contributed by atoms with E-state index in [-0.39, 0.29) is 5.02 Å². The Balaban J connectivity index is 2.76. The normalized spacial score (nSPS) is 15.0. The summed E-state index contributed by atoms with van der Waals surface area (Å²) in [6.07, 6.45) is 2.14. The van der Waals surface area contributed by atoms with Crippen molar-refractivity contribution in [2.45, 2.75) is 38.7 Å². The average molecular weight is 231 g/mol. The van der Waals surface area contributed by atoms with Crippen molar-refractivity contribution in [1.82, 2.24) is 0 Å². The summed E-state index contributed by atoms with van der Waals surface area (Å²) in [7, 11) is 0. The Morgan fingerprint density at radius 2 is 2.13 bits per heavy atom. The second-order valence-electron chi connectivity index (χ2n) is 4.17. The standard InChI is InChI=1S/C12H16ClFO/c1-3-6-12(2,15)8-9-4-5-11(14)10(13)7-9/h4-5,7,15H,3,6,8H2,1-2H3. The zero-order valence-corrected chi connectivity index (χ0v) is 9.81. The molecule has 1 atom stereocenters. The molecule has 84 valence electrons. The van der Waals surface area contributed by atoms with E-state index in [2.05, 4.69) is 0 Å². The van der Waals surface area contributed by atoms with E-state index in [0.717, 1.165) is 18.4 Å². The van der Waals surface area contributed by atoms with Gasteiger partial charge in [-0.2, -0.15) is 0 Å². The fourth-order valence-electron chi connectivity index (χ4n) is 1.72. The van der Waals surface area contributed by atoms with Crippen LogP contribution in [0.4, 0.5) is 4.39 Å². The highest BCUT2D eigenvalue weighted by Gasteiger charge is 2.19. The smallest absolute Gasteiger partial charge is 0.141 e. The summed E-state index contributed by atoms with van der Waals surface area (Å²) in [4.78, 5) is 0. The second kappa shape index (κ2) is 4.95. The molecule has 1 N–H and O–H groups in total. The molecule has 0 heterocycles. The summed E-state index contributed by atoms with van der Waals surface area (Å²) < 4.78 is 12.9. The molecule has 1 aromatic carbocycles. The van der Waals surface area contributed by atoms with Crippen molar-refractivity contribution < 1.29 is 9.50 Å². The Hall–Kier alpha value is -0.600. The highest BCUT2D eigenvalue weighted by molar-refractivity contribution is 6.30. The van der Waals surface area contributed by atoms with Crippen LogP contribution in [0.25, 0.3) is 0 Å². The first-order valence-corrected chi connectivity index (χ1v) is 5.49. The predicted octanol–water partition coefficient (Wildman–Crippen LogP) is 3.57. The van der Waals surface area contributed by atoms with Crippen molar-refractivity contribution in [1.29, 1.82) is 0 Å². The summed E-state index contributed by atoms with van der Waals surface area (Å²) in [5.41, 5.74) is 0.121. The maximum absolute atomic E-state index is 12.9. The molecule has 0 aliphatic rings. The van der Waals surface area contributed by atoms with Gasteiger partial charge in [0, 0.05) is 6.42 Å². The lowest BCUT2D eigenvalue weighted by atomic mass is 9.92. The molecule has 0 amide bonds. The molecule has 1 aromatic rings. The Morgan fingerprint density at radius 3 is 2.67 bits per heavy atom. The summed E-state index contributed by atoms with van der Waals surface area (Å²) in [6.45, 7) is 3.81. The van der Waals surface area contributed by atoms with Gasteiger partial charge in [0.15, 0.2) is 0 Å². The molecule has 1 rings (SSSR count). The van der Waals surface area contributed by atoms with Gasteiger partial charge in [-0.3, -0.25) is 0 Å². The fraction of sp³-hybridized carbons (Fsp3) is 0.500. The molecular weight excluding hydrogens is 215 g/mol. The van der Waals surface area contributed by atoms with Crippen molar-refractivity contribution in [3.05, 3.63) is 34.6 Å². The third-order valence-corrected chi connectivity index (χ3v) is 2.65. The first-order valence-electron chi connectivity index (χ1n) is 5.11. The van der Waals surface area contributed by atoms with Gasteiger partial charge in [0.25, 0.3) is 0 Å². The molecule has 15 heavy (non-hydrogen) atoms. The Kier molecular flexibility index (Phi) is 4.12. The third-order valence-electron chi connectivity index (χ3n) is 2.36. The number of benzene rings is 1. The quantitative estimate of drug-likeness (QED) is 0.839. The first kappa shape index (κ1) is 12.5. The van der Waals surface area contributed by atoms with Crippen LogP contribution in [0, 0.1) is 5.82 Å². The van der Waals surface area contributed by atoms with E-state index >= 15 is 0 Å². The lowest BCUT2D eigenvalue weighted by Gasteiger charge is -2.22. The van der Waals surface area contributed by atoms with Gasteiger partial charge in [-0.25, -0.2) is 4.39 Å². The first-order chi connectivity index (χ1) is 6.94. The van der Waals surface area contributed by atoms with Crippen LogP contribution in [0.15, 0.2) is 18.2 Å². The fourth-order valence-corrected chi connectivity index (χ4v) is 1.92. The topological polar surface area (TPSA) is 20.2 Å². The highest BCUT2D eigenvalue weighted by Crippen LogP contribution is 2.22. The summed E-state index contributed by atoms with van der Waals surface area (Å²) in [5, 5.41) is 10.1. The van der Waals surface area contributed by atoms with Crippen LogP contribution in [-0.4, -0.2) is 10.7 Å². The Bertz CT molecular complexity index is 336. The lowest BCUT2D eigenvalue weighted by Crippen LogP contribution is -2.26. The molecule has 0 spiro atoms. The molecule has 0 aliphatic heterocycles. The van der Waals surface area contributed by atoms with Crippen LogP contribution in [-0.2, 0) is 6.42 Å². The summed E-state index contributed by atoms with van der Waals surface area (Å²) >= 11 is 5.66. The van der Waals surface area contributed by atoms with E-state index in [1.54, 1.807) is 19.1 Å². The summed E-state index contributed by atoms with van der Waals surface area (Å²) in [5.74, 6) is -0.421. The van der Waals surface area contributed by atoms with Gasteiger partial charge in [0.05, 0.1) is 10.6 Å². The number of halogens is 2. The molecule has 0 saturated carbocycles. The van der Waals surface area contributed by atoms with Crippen molar-refractivity contribution in [3.63, 3.8) is 0 Å². The zero-order chi connectivity index (χ0) is 11.5. The van der Waals surface area contributed by atoms with E-state index in [1.807, 2.05) is 6.92 Å². The largest absolute Gasteiger partial charge is 0.390 e. The monoisotopic (exact) mass is 230 g/mol. The summed E-state index contributed by atoms with van der Waals surface area (Å²) in [6, 6.07) is 4.56. The van der Waals surface area contributed by atoms with E-state index in [1.165, 1.54) is 6.07 Å². The van der Waals surface area contributed by atoms with Gasteiger partial charge >= 0.3 is 0 Å². The van der Waals surface area contributed by atoms with Crippen molar-refractivity contribution in [2.24, 2.45) is 0 Å². The molecule has 1 nitrogen and oxygen atoms in total. The van der Waals surface area contributed by atoms with Gasteiger partial charge in [0.2, 0.25) is 0 Å². The van der Waals surface area contributed by atoms with Crippen molar-refractivity contribution in [2.75, 3.05) is 0 Å². The number of aliphatic hydroxyl groups is 1. The number of hydrogen-bond donors (Lipinski definition) is 1. The van der Waals surface area contributed by atoms with Crippen LogP contribution in [0.5, 0.6) is 0 Å². The van der Waals surface area contributed by atoms with Crippen LogP contribution in [0.1, 0.15) is 32.3 Å². The van der Waals surface area contributed by atoms with Crippen molar-refractivity contribution in [3.8, 4) is 0 Å². The van der Waals surface area contributed by atoms with Crippen LogP contribution in [0.3, 0.4) is 0 Å². The molecular formula is C12H16ClFO. The van der Waals surface area contributed by atoms with Gasteiger partial charge < -0.3 is 5.11 Å². The lowest BCUT2D eigenvalue weighted by molar-refractivity contribution is 0.0505. The van der Waals surface area contributed by atoms with Crippen molar-refractivity contribution >= 4 is 11.6 Å².